The van der Waals surface area contributed by atoms with Crippen LogP contribution in [0.4, 0.5) is 0 Å². The van der Waals surface area contributed by atoms with Crippen LogP contribution in [0, 0.1) is 0 Å². The molecular weight excluding hydrogens is 208 g/mol. The molecule has 0 aliphatic carbocycles. The van der Waals surface area contributed by atoms with Gasteiger partial charge in [0.2, 0.25) is 0 Å². The lowest BCUT2D eigenvalue weighted by Gasteiger charge is -2.19. The fourth-order valence-corrected chi connectivity index (χ4v) is 2.42. The molecule has 0 radical (unpaired) electrons. The van der Waals surface area contributed by atoms with E-state index in [4.69, 9.17) is 9.16 Å². The standard InChI is InChI=1S/C11H22O3Si/c1-5-8-11(12)14-9-6-7-10-15(3,4)13-2/h5,8H,6-7,9-10H2,1-4H3. The molecule has 0 unspecified atom stereocenters. The molecule has 0 rings (SSSR count). The number of carbonyl (C=O) groups is 1. The van der Waals surface area contributed by atoms with Crippen LogP contribution in [0.1, 0.15) is 19.8 Å². The van der Waals surface area contributed by atoms with Gasteiger partial charge in [0.25, 0.3) is 0 Å². The Labute approximate surface area is 93.6 Å². The van der Waals surface area contributed by atoms with Gasteiger partial charge in [0.1, 0.15) is 0 Å². The highest BCUT2D eigenvalue weighted by Gasteiger charge is 2.19. The van der Waals surface area contributed by atoms with Crippen LogP contribution in [0.2, 0.25) is 19.1 Å². The molecule has 3 nitrogen and oxygen atoms in total. The number of rotatable bonds is 7. The lowest BCUT2D eigenvalue weighted by atomic mass is 10.3. The van der Waals surface area contributed by atoms with Gasteiger partial charge >= 0.3 is 5.97 Å². The lowest BCUT2D eigenvalue weighted by Crippen LogP contribution is -2.28. The normalized spacial score (nSPS) is 12.0. The van der Waals surface area contributed by atoms with Crippen molar-refractivity contribution in [2.45, 2.75) is 38.9 Å². The van der Waals surface area contributed by atoms with E-state index in [0.29, 0.717) is 6.61 Å². The van der Waals surface area contributed by atoms with Gasteiger partial charge in [-0.1, -0.05) is 12.5 Å². The summed E-state index contributed by atoms with van der Waals surface area (Å²) in [5.41, 5.74) is 0. The van der Waals surface area contributed by atoms with Crippen LogP contribution in [-0.2, 0) is 14.0 Å². The molecule has 0 aliphatic heterocycles. The van der Waals surface area contributed by atoms with E-state index in [2.05, 4.69) is 13.1 Å². The van der Waals surface area contributed by atoms with Crippen molar-refractivity contribution < 1.29 is 14.0 Å². The van der Waals surface area contributed by atoms with Crippen LogP contribution in [0.5, 0.6) is 0 Å². The summed E-state index contributed by atoms with van der Waals surface area (Å²) in [6, 6.07) is 1.12. The molecule has 0 aromatic rings. The Bertz CT molecular complexity index is 212. The van der Waals surface area contributed by atoms with Crippen LogP contribution in [0.15, 0.2) is 12.2 Å². The van der Waals surface area contributed by atoms with E-state index in [1.54, 1.807) is 20.1 Å². The van der Waals surface area contributed by atoms with Gasteiger partial charge in [-0.25, -0.2) is 4.79 Å². The fraction of sp³-hybridized carbons (Fsp3) is 0.727. The van der Waals surface area contributed by atoms with E-state index in [1.807, 2.05) is 0 Å². The Kier molecular flexibility index (Phi) is 7.34. The van der Waals surface area contributed by atoms with E-state index >= 15 is 0 Å². The summed E-state index contributed by atoms with van der Waals surface area (Å²) in [7, 11) is 0.352. The van der Waals surface area contributed by atoms with Gasteiger partial charge in [-0.15, -0.1) is 0 Å². The molecule has 0 aliphatic rings. The largest absolute Gasteiger partial charge is 0.463 e. The zero-order chi connectivity index (χ0) is 11.7. The average Bonchev–Trinajstić information content (AvgIpc) is 2.17. The highest BCUT2D eigenvalue weighted by atomic mass is 28.4. The maximum atomic E-state index is 10.9. The molecule has 0 amide bonds. The second-order valence-electron chi connectivity index (χ2n) is 4.09. The molecule has 0 fully saturated rings. The summed E-state index contributed by atoms with van der Waals surface area (Å²) in [5, 5.41) is 0. The molecule has 4 heteroatoms. The van der Waals surface area contributed by atoms with Crippen molar-refractivity contribution in [2.75, 3.05) is 13.7 Å². The van der Waals surface area contributed by atoms with Crippen LogP contribution < -0.4 is 0 Å². The van der Waals surface area contributed by atoms with Gasteiger partial charge in [0, 0.05) is 13.2 Å². The smallest absolute Gasteiger partial charge is 0.330 e. The summed E-state index contributed by atoms with van der Waals surface area (Å²) in [6.07, 6.45) is 5.11. The van der Waals surface area contributed by atoms with Crippen LogP contribution in [0.25, 0.3) is 0 Å². The van der Waals surface area contributed by atoms with Gasteiger partial charge in [-0.05, 0) is 32.5 Å². The zero-order valence-electron chi connectivity index (χ0n) is 10.2. The number of unbranched alkanes of at least 4 members (excludes halogenated alkanes) is 1. The molecular formula is C11H22O3Si. The molecule has 0 saturated heterocycles. The predicted octanol–water partition coefficient (Wildman–Crippen LogP) is 2.74. The highest BCUT2D eigenvalue weighted by molar-refractivity contribution is 6.71. The fourth-order valence-electron chi connectivity index (χ4n) is 1.11. The molecule has 0 saturated carbocycles. The Morgan fingerprint density at radius 3 is 2.53 bits per heavy atom. The number of carbonyl (C=O) groups excluding carboxylic acids is 1. The van der Waals surface area contributed by atoms with E-state index < -0.39 is 8.32 Å². The first kappa shape index (κ1) is 14.4. The van der Waals surface area contributed by atoms with Crippen molar-refractivity contribution in [3.05, 3.63) is 12.2 Å². The molecule has 0 bridgehead atoms. The minimum Gasteiger partial charge on any atom is -0.463 e. The lowest BCUT2D eigenvalue weighted by molar-refractivity contribution is -0.137. The third-order valence-electron chi connectivity index (χ3n) is 2.27. The van der Waals surface area contributed by atoms with Crippen LogP contribution in [0.3, 0.4) is 0 Å². The SMILES string of the molecule is CC=CC(=O)OCCCC[Si](C)(C)OC. The summed E-state index contributed by atoms with van der Waals surface area (Å²) in [5.74, 6) is -0.249. The quantitative estimate of drug-likeness (QED) is 0.292. The van der Waals surface area contributed by atoms with Crippen molar-refractivity contribution in [3.8, 4) is 0 Å². The van der Waals surface area contributed by atoms with Gasteiger partial charge < -0.3 is 9.16 Å². The summed E-state index contributed by atoms with van der Waals surface area (Å²) in [4.78, 5) is 10.9. The molecule has 0 atom stereocenters. The van der Waals surface area contributed by atoms with Crippen molar-refractivity contribution >= 4 is 14.3 Å². The van der Waals surface area contributed by atoms with Crippen molar-refractivity contribution in [3.63, 3.8) is 0 Å². The molecule has 15 heavy (non-hydrogen) atoms. The number of ether oxygens (including phenoxy) is 1. The van der Waals surface area contributed by atoms with Crippen LogP contribution in [-0.4, -0.2) is 28.0 Å². The van der Waals surface area contributed by atoms with E-state index in [9.17, 15) is 4.79 Å². The number of hydrogen-bond acceptors (Lipinski definition) is 3. The minimum absolute atomic E-state index is 0.249. The predicted molar refractivity (Wildman–Crippen MR) is 64.3 cm³/mol. The van der Waals surface area contributed by atoms with E-state index in [1.165, 1.54) is 6.08 Å². The third-order valence-corrected chi connectivity index (χ3v) is 4.94. The second kappa shape index (κ2) is 7.65. The van der Waals surface area contributed by atoms with Gasteiger partial charge in [-0.2, -0.15) is 0 Å². The van der Waals surface area contributed by atoms with Crippen LogP contribution >= 0.6 is 0 Å². The second-order valence-corrected chi connectivity index (χ2v) is 8.52. The van der Waals surface area contributed by atoms with E-state index in [-0.39, 0.29) is 5.97 Å². The molecule has 0 spiro atoms. The Balaban J connectivity index is 3.44. The maximum absolute atomic E-state index is 10.9. The number of hydrogen-bond donors (Lipinski definition) is 0. The highest BCUT2D eigenvalue weighted by Crippen LogP contribution is 2.13. The zero-order valence-corrected chi connectivity index (χ0v) is 11.2. The number of esters is 1. The summed E-state index contributed by atoms with van der Waals surface area (Å²) >= 11 is 0. The van der Waals surface area contributed by atoms with E-state index in [0.717, 1.165) is 18.9 Å². The van der Waals surface area contributed by atoms with Gasteiger partial charge in [-0.3, -0.25) is 0 Å². The Hall–Kier alpha value is -0.613. The van der Waals surface area contributed by atoms with Crippen molar-refractivity contribution in [1.82, 2.24) is 0 Å². The Morgan fingerprint density at radius 1 is 1.33 bits per heavy atom. The first-order valence-corrected chi connectivity index (χ1v) is 8.48. The first-order chi connectivity index (χ1) is 7.02. The molecule has 0 aromatic carbocycles. The summed E-state index contributed by atoms with van der Waals surface area (Å²) < 4.78 is 10.4. The van der Waals surface area contributed by atoms with Gasteiger partial charge in [0.15, 0.2) is 8.32 Å². The minimum atomic E-state index is -1.42. The molecule has 0 aromatic heterocycles. The molecule has 88 valence electrons. The Morgan fingerprint density at radius 2 is 2.00 bits per heavy atom. The maximum Gasteiger partial charge on any atom is 0.330 e. The van der Waals surface area contributed by atoms with Crippen molar-refractivity contribution in [1.29, 1.82) is 0 Å². The monoisotopic (exact) mass is 230 g/mol. The average molecular weight is 230 g/mol. The molecule has 0 N–H and O–H groups in total. The third kappa shape index (κ3) is 8.39. The van der Waals surface area contributed by atoms with Gasteiger partial charge in [0.05, 0.1) is 6.61 Å². The van der Waals surface area contributed by atoms with Crippen molar-refractivity contribution in [2.24, 2.45) is 0 Å². The first-order valence-electron chi connectivity index (χ1n) is 5.36. The summed E-state index contributed by atoms with van der Waals surface area (Å²) in [6.45, 7) is 6.70. The number of allylic oxidation sites excluding steroid dienone is 1. The topological polar surface area (TPSA) is 35.5 Å². The molecule has 0 heterocycles.